The Balaban J connectivity index is 1.93. The molecule has 0 fully saturated rings. The van der Waals surface area contributed by atoms with E-state index in [1.54, 1.807) is 37.4 Å². The van der Waals surface area contributed by atoms with Gasteiger partial charge in [-0.25, -0.2) is 4.79 Å². The Morgan fingerprint density at radius 2 is 1.97 bits per heavy atom. The van der Waals surface area contributed by atoms with Gasteiger partial charge >= 0.3 is 5.97 Å². The van der Waals surface area contributed by atoms with Gasteiger partial charge in [-0.1, -0.05) is 12.1 Å². The second kappa shape index (κ2) is 7.32. The molecule has 4 aromatic rings. The van der Waals surface area contributed by atoms with E-state index in [1.165, 1.54) is 0 Å². The molecule has 1 aliphatic rings. The number of pyridine rings is 1. The first kappa shape index (κ1) is 20.0. The minimum atomic E-state index is -1.73. The van der Waals surface area contributed by atoms with Crippen molar-refractivity contribution < 1.29 is 24.5 Å². The van der Waals surface area contributed by atoms with E-state index in [2.05, 4.69) is 4.98 Å². The van der Waals surface area contributed by atoms with Gasteiger partial charge in [0, 0.05) is 34.7 Å². The monoisotopic (exact) mass is 428 g/mol. The van der Waals surface area contributed by atoms with Crippen LogP contribution in [0.1, 0.15) is 33.2 Å². The van der Waals surface area contributed by atoms with E-state index in [0.717, 1.165) is 23.1 Å². The molecule has 1 unspecified atom stereocenters. The highest BCUT2D eigenvalue weighted by molar-refractivity contribution is 6.10. The van der Waals surface area contributed by atoms with Gasteiger partial charge in [0.25, 0.3) is 0 Å². The number of fused-ring (bicyclic) bond motifs is 1. The van der Waals surface area contributed by atoms with Gasteiger partial charge < -0.3 is 20.7 Å². The molecular weight excluding hydrogens is 408 g/mol. The van der Waals surface area contributed by atoms with Crippen LogP contribution < -0.4 is 10.5 Å². The number of hydrogen-bond acceptors (Lipinski definition) is 5. The minimum absolute atomic E-state index is 0.288. The second-order valence-electron chi connectivity index (χ2n) is 7.93. The van der Waals surface area contributed by atoms with Crippen LogP contribution in [0.25, 0.3) is 32.8 Å². The predicted molar refractivity (Wildman–Crippen MR) is 120 cm³/mol. The first-order valence-corrected chi connectivity index (χ1v) is 10.2. The predicted octanol–water partition coefficient (Wildman–Crippen LogP) is 3.52. The van der Waals surface area contributed by atoms with E-state index >= 15 is 0 Å². The van der Waals surface area contributed by atoms with Crippen LogP contribution in [0.5, 0.6) is 5.75 Å². The number of aliphatic carboxylic acids is 1. The number of aliphatic hydroxyl groups excluding tert-OH is 1. The number of nitrogens with two attached hydrogens (primary N) is 1. The van der Waals surface area contributed by atoms with Crippen LogP contribution in [0.15, 0.2) is 48.7 Å². The Hall–Kier alpha value is -3.97. The average Bonchev–Trinajstić information content (AvgIpc) is 2.78. The highest BCUT2D eigenvalue weighted by Gasteiger charge is 2.27. The average molecular weight is 428 g/mol. The van der Waals surface area contributed by atoms with Crippen molar-refractivity contribution in [3.63, 3.8) is 0 Å². The van der Waals surface area contributed by atoms with Gasteiger partial charge in [0.2, 0.25) is 5.91 Å². The molecule has 0 spiro atoms. The van der Waals surface area contributed by atoms with Gasteiger partial charge in [-0.3, -0.25) is 9.78 Å². The number of carbonyl (C=O) groups is 2. The number of aromatic nitrogens is 1. The van der Waals surface area contributed by atoms with Crippen molar-refractivity contribution in [2.45, 2.75) is 19.4 Å². The number of aryl methyl sites for hydroxylation is 1. The summed E-state index contributed by atoms with van der Waals surface area (Å²) in [4.78, 5) is 28.1. The maximum absolute atomic E-state index is 11.8. The molecule has 7 nitrogen and oxygen atoms in total. The molecule has 2 heterocycles. The normalized spacial score (nSPS) is 13.7. The number of hydrogen-bond donors (Lipinski definition) is 3. The molecule has 0 radical (unpaired) electrons. The Bertz CT molecular complexity index is 1430. The van der Waals surface area contributed by atoms with Crippen LogP contribution in [-0.4, -0.2) is 33.7 Å². The first-order valence-electron chi connectivity index (χ1n) is 10.2. The van der Waals surface area contributed by atoms with E-state index in [4.69, 9.17) is 10.5 Å². The fourth-order valence-corrected chi connectivity index (χ4v) is 4.59. The first-order chi connectivity index (χ1) is 15.4. The summed E-state index contributed by atoms with van der Waals surface area (Å²) in [6.07, 6.45) is 0.746. The molecule has 7 heteroatoms. The topological polar surface area (TPSA) is 123 Å². The molecule has 0 bridgehead atoms. The van der Waals surface area contributed by atoms with E-state index < -0.39 is 18.0 Å². The molecule has 1 atom stereocenters. The van der Waals surface area contributed by atoms with Crippen LogP contribution in [0.2, 0.25) is 0 Å². The van der Waals surface area contributed by atoms with Crippen LogP contribution in [0, 0.1) is 6.92 Å². The molecule has 3 aromatic carbocycles. The lowest BCUT2D eigenvalue weighted by Gasteiger charge is -2.23. The quantitative estimate of drug-likeness (QED) is 0.457. The summed E-state index contributed by atoms with van der Waals surface area (Å²) in [6.45, 7) is 2.32. The Labute approximate surface area is 183 Å². The van der Waals surface area contributed by atoms with Crippen LogP contribution in [0.4, 0.5) is 0 Å². The number of carbonyl (C=O) groups excluding carboxylic acids is 1. The third-order valence-corrected chi connectivity index (χ3v) is 6.02. The number of amides is 1. The number of carboxylic acid groups (broad SMARTS) is 1. The van der Waals surface area contributed by atoms with E-state index in [9.17, 15) is 19.8 Å². The van der Waals surface area contributed by atoms with Crippen molar-refractivity contribution in [2.24, 2.45) is 5.73 Å². The number of aliphatic hydroxyl groups is 1. The van der Waals surface area contributed by atoms with Gasteiger partial charge in [0.05, 0.1) is 12.1 Å². The zero-order valence-electron chi connectivity index (χ0n) is 17.3. The molecular formula is C25H20N2O5. The molecule has 1 aliphatic heterocycles. The fraction of sp³-hybridized carbons (Fsp3) is 0.160. The van der Waals surface area contributed by atoms with Crippen molar-refractivity contribution in [1.29, 1.82) is 0 Å². The fourth-order valence-electron chi connectivity index (χ4n) is 4.59. The van der Waals surface area contributed by atoms with Crippen LogP contribution >= 0.6 is 0 Å². The number of ether oxygens (including phenoxy) is 1. The van der Waals surface area contributed by atoms with Crippen molar-refractivity contribution >= 4 is 33.6 Å². The summed E-state index contributed by atoms with van der Waals surface area (Å²) < 4.78 is 5.82. The maximum atomic E-state index is 11.8. The highest BCUT2D eigenvalue weighted by Crippen LogP contribution is 2.43. The third-order valence-electron chi connectivity index (χ3n) is 6.02. The molecule has 160 valence electrons. The molecule has 1 amide bonds. The summed E-state index contributed by atoms with van der Waals surface area (Å²) in [5.74, 6) is -1.17. The molecule has 0 saturated carbocycles. The van der Waals surface area contributed by atoms with E-state index in [1.807, 2.05) is 18.2 Å². The number of primary amides is 1. The van der Waals surface area contributed by atoms with Crippen LogP contribution in [0.3, 0.4) is 0 Å². The largest absolute Gasteiger partial charge is 0.493 e. The van der Waals surface area contributed by atoms with E-state index in [0.29, 0.717) is 45.1 Å². The zero-order chi connectivity index (χ0) is 22.6. The van der Waals surface area contributed by atoms with Crippen LogP contribution in [-0.2, 0) is 11.2 Å². The number of benzene rings is 3. The van der Waals surface area contributed by atoms with Gasteiger partial charge in [0.15, 0.2) is 6.10 Å². The lowest BCUT2D eigenvalue weighted by atomic mass is 9.85. The summed E-state index contributed by atoms with van der Waals surface area (Å²) in [6, 6.07) is 12.4. The van der Waals surface area contributed by atoms with Crippen molar-refractivity contribution in [3.8, 4) is 16.9 Å². The van der Waals surface area contributed by atoms with Gasteiger partial charge in [-0.15, -0.1) is 0 Å². The molecule has 5 rings (SSSR count). The second-order valence-corrected chi connectivity index (χ2v) is 7.93. The third kappa shape index (κ3) is 2.98. The lowest BCUT2D eigenvalue weighted by molar-refractivity contribution is -0.146. The van der Waals surface area contributed by atoms with Gasteiger partial charge in [0.1, 0.15) is 5.75 Å². The van der Waals surface area contributed by atoms with Gasteiger partial charge in [-0.2, -0.15) is 0 Å². The standard InChI is InChI=1S/C25H20N2O5/c1-12-10-15-11-14(24(26)29)2-3-16(15)21(19(12)23(28)25(30)31)17-4-5-18-20-13(7-9-32-18)6-8-27-22(17)20/h2-6,8,10-11,23,28H,7,9H2,1H3,(H2,26,29)(H,30,31). The molecule has 4 N–H and O–H groups in total. The van der Waals surface area contributed by atoms with Crippen molar-refractivity contribution in [3.05, 3.63) is 70.9 Å². The summed E-state index contributed by atoms with van der Waals surface area (Å²) >= 11 is 0. The zero-order valence-corrected chi connectivity index (χ0v) is 17.3. The van der Waals surface area contributed by atoms with Gasteiger partial charge in [-0.05, 0) is 64.7 Å². The molecule has 32 heavy (non-hydrogen) atoms. The SMILES string of the molecule is Cc1cc2cc(C(N)=O)ccc2c(-c2ccc3c4c(ccnc24)CCO3)c1C(O)C(=O)O. The molecule has 0 saturated heterocycles. The minimum Gasteiger partial charge on any atom is -0.493 e. The number of rotatable bonds is 4. The molecule has 1 aromatic heterocycles. The number of nitrogens with zero attached hydrogens (tertiary/aromatic N) is 1. The highest BCUT2D eigenvalue weighted by atomic mass is 16.5. The van der Waals surface area contributed by atoms with Crippen molar-refractivity contribution in [2.75, 3.05) is 6.61 Å². The number of carboxylic acids is 1. The Morgan fingerprint density at radius 1 is 1.16 bits per heavy atom. The molecule has 0 aliphatic carbocycles. The Kier molecular flexibility index (Phi) is 4.56. The van der Waals surface area contributed by atoms with E-state index in [-0.39, 0.29) is 5.56 Å². The van der Waals surface area contributed by atoms with Crippen molar-refractivity contribution in [1.82, 2.24) is 4.98 Å². The maximum Gasteiger partial charge on any atom is 0.337 e. The smallest absolute Gasteiger partial charge is 0.337 e. The lowest BCUT2D eigenvalue weighted by Crippen LogP contribution is -2.14. The summed E-state index contributed by atoms with van der Waals surface area (Å²) in [5.41, 5.74) is 9.70. The Morgan fingerprint density at radius 3 is 2.72 bits per heavy atom. The summed E-state index contributed by atoms with van der Waals surface area (Å²) in [5, 5.41) is 22.6. The summed E-state index contributed by atoms with van der Waals surface area (Å²) in [7, 11) is 0.